The van der Waals surface area contributed by atoms with E-state index in [9.17, 15) is 10.1 Å². The van der Waals surface area contributed by atoms with Gasteiger partial charge < -0.3 is 14.3 Å². The van der Waals surface area contributed by atoms with Gasteiger partial charge in [0.1, 0.15) is 0 Å². The number of nitrogens with one attached hydrogen (secondary N) is 1. The Morgan fingerprint density at radius 1 is 1.17 bits per heavy atom. The topological polar surface area (TPSA) is 86.0 Å². The number of hydrogen-bond donors (Lipinski definition) is 1. The van der Waals surface area contributed by atoms with E-state index in [0.29, 0.717) is 18.8 Å². The molecule has 0 fully saturated rings. The lowest BCUT2D eigenvalue weighted by atomic mass is 9.99. The van der Waals surface area contributed by atoms with Crippen LogP contribution in [0.5, 0.6) is 0 Å². The normalized spacial score (nSPS) is 12.3. The van der Waals surface area contributed by atoms with Crippen LogP contribution in [0.3, 0.4) is 0 Å². The van der Waals surface area contributed by atoms with Gasteiger partial charge in [0.2, 0.25) is 0 Å². The van der Waals surface area contributed by atoms with E-state index < -0.39 is 0 Å². The van der Waals surface area contributed by atoms with Gasteiger partial charge in [0.25, 0.3) is 5.69 Å². The maximum Gasteiger partial charge on any atom is 0.294 e. The highest BCUT2D eigenvalue weighted by Gasteiger charge is 2.24. The van der Waals surface area contributed by atoms with Crippen molar-refractivity contribution in [3.8, 4) is 11.1 Å². The summed E-state index contributed by atoms with van der Waals surface area (Å²) >= 11 is 0. The molecule has 4 aromatic rings. The molecule has 0 saturated heterocycles. The Morgan fingerprint density at radius 3 is 2.77 bits per heavy atom. The van der Waals surface area contributed by atoms with Crippen molar-refractivity contribution in [1.82, 2.24) is 14.5 Å². The molecule has 0 bridgehead atoms. The minimum atomic E-state index is -0.308. The Balaban J connectivity index is 1.78. The van der Waals surface area contributed by atoms with Crippen molar-refractivity contribution in [3.63, 3.8) is 0 Å². The third-order valence-electron chi connectivity index (χ3n) is 5.31. The molecule has 1 N–H and O–H groups in total. The summed E-state index contributed by atoms with van der Waals surface area (Å²) in [5, 5.41) is 14.0. The molecule has 2 aromatic heterocycles. The Kier molecular flexibility index (Phi) is 5.90. The molecule has 0 aliphatic carbocycles. The standard InChI is InChI=1S/C23H24N4O3/c1-2-30-12-6-11-22(21-13-24-16-25-21)26-14-20(23(15-26)27(28)29)19-10-5-8-17-7-3-4-9-18(17)19/h3-5,7-10,13-16,22H,2,6,11-12H2,1H3,(H,24,25). The lowest BCUT2D eigenvalue weighted by molar-refractivity contribution is -0.384. The highest BCUT2D eigenvalue weighted by Crippen LogP contribution is 2.38. The summed E-state index contributed by atoms with van der Waals surface area (Å²) in [4.78, 5) is 18.9. The summed E-state index contributed by atoms with van der Waals surface area (Å²) in [6.45, 7) is 3.30. The summed E-state index contributed by atoms with van der Waals surface area (Å²) in [7, 11) is 0. The molecule has 154 valence electrons. The number of H-pyrrole nitrogens is 1. The maximum absolute atomic E-state index is 11.9. The minimum Gasteiger partial charge on any atom is -0.382 e. The molecule has 2 aromatic carbocycles. The van der Waals surface area contributed by atoms with Crippen molar-refractivity contribution in [2.45, 2.75) is 25.8 Å². The molecule has 0 aliphatic heterocycles. The fourth-order valence-corrected chi connectivity index (χ4v) is 3.89. The van der Waals surface area contributed by atoms with E-state index in [1.165, 1.54) is 0 Å². The minimum absolute atomic E-state index is 0.0876. The van der Waals surface area contributed by atoms with E-state index in [0.717, 1.165) is 34.9 Å². The first-order chi connectivity index (χ1) is 14.7. The van der Waals surface area contributed by atoms with Crippen molar-refractivity contribution in [2.24, 2.45) is 0 Å². The van der Waals surface area contributed by atoms with Crippen LogP contribution in [0.4, 0.5) is 5.69 Å². The van der Waals surface area contributed by atoms with Crippen LogP contribution in [0.1, 0.15) is 31.5 Å². The summed E-state index contributed by atoms with van der Waals surface area (Å²) < 4.78 is 7.40. The van der Waals surface area contributed by atoms with Crippen LogP contribution < -0.4 is 0 Å². The van der Waals surface area contributed by atoms with Gasteiger partial charge in [-0.25, -0.2) is 4.98 Å². The van der Waals surface area contributed by atoms with Gasteiger partial charge in [0.15, 0.2) is 0 Å². The fourth-order valence-electron chi connectivity index (χ4n) is 3.89. The molecule has 0 amide bonds. The van der Waals surface area contributed by atoms with Crippen LogP contribution in [0, 0.1) is 10.1 Å². The van der Waals surface area contributed by atoms with E-state index in [2.05, 4.69) is 9.97 Å². The van der Waals surface area contributed by atoms with Crippen LogP contribution in [0.25, 0.3) is 21.9 Å². The van der Waals surface area contributed by atoms with Crippen molar-refractivity contribution < 1.29 is 9.66 Å². The van der Waals surface area contributed by atoms with Crippen LogP contribution in [-0.4, -0.2) is 32.7 Å². The third-order valence-corrected chi connectivity index (χ3v) is 5.31. The number of nitro groups is 1. The zero-order valence-corrected chi connectivity index (χ0v) is 16.8. The molecule has 7 heteroatoms. The number of aromatic nitrogens is 3. The summed E-state index contributed by atoms with van der Waals surface area (Å²) in [5.74, 6) is 0. The molecular weight excluding hydrogens is 380 g/mol. The third kappa shape index (κ3) is 3.97. The summed E-state index contributed by atoms with van der Waals surface area (Å²) in [5.41, 5.74) is 2.49. The lowest BCUT2D eigenvalue weighted by Gasteiger charge is -2.17. The molecule has 7 nitrogen and oxygen atoms in total. The number of fused-ring (bicyclic) bond motifs is 1. The van der Waals surface area contributed by atoms with Gasteiger partial charge in [-0.3, -0.25) is 10.1 Å². The fraction of sp³-hybridized carbons (Fsp3) is 0.261. The number of imidazole rings is 1. The van der Waals surface area contributed by atoms with Crippen molar-refractivity contribution in [3.05, 3.63) is 83.2 Å². The first kappa shape index (κ1) is 19.8. The molecular formula is C23H24N4O3. The monoisotopic (exact) mass is 404 g/mol. The van der Waals surface area contributed by atoms with Gasteiger partial charge in [-0.15, -0.1) is 0 Å². The molecule has 1 atom stereocenters. The number of nitrogens with zero attached hydrogens (tertiary/aromatic N) is 3. The van der Waals surface area contributed by atoms with Crippen LogP contribution in [0.15, 0.2) is 67.4 Å². The average molecular weight is 404 g/mol. The second-order valence-corrected chi connectivity index (χ2v) is 7.15. The number of hydrogen-bond acceptors (Lipinski definition) is 4. The average Bonchev–Trinajstić information content (AvgIpc) is 3.44. The van der Waals surface area contributed by atoms with Crippen LogP contribution in [0.2, 0.25) is 0 Å². The Hall–Kier alpha value is -3.45. The van der Waals surface area contributed by atoms with Crippen molar-refractivity contribution in [1.29, 1.82) is 0 Å². The molecule has 4 rings (SSSR count). The Morgan fingerprint density at radius 2 is 2.00 bits per heavy atom. The van der Waals surface area contributed by atoms with Crippen LogP contribution in [-0.2, 0) is 4.74 Å². The zero-order chi connectivity index (χ0) is 20.9. The van der Waals surface area contributed by atoms with E-state index in [1.807, 2.05) is 60.2 Å². The number of benzene rings is 2. The predicted molar refractivity (Wildman–Crippen MR) is 116 cm³/mol. The number of rotatable bonds is 9. The zero-order valence-electron chi connectivity index (χ0n) is 16.8. The van der Waals surface area contributed by atoms with E-state index in [-0.39, 0.29) is 16.7 Å². The second-order valence-electron chi connectivity index (χ2n) is 7.15. The second kappa shape index (κ2) is 8.92. The predicted octanol–water partition coefficient (Wildman–Crippen LogP) is 5.35. The smallest absolute Gasteiger partial charge is 0.294 e. The van der Waals surface area contributed by atoms with Gasteiger partial charge in [0, 0.05) is 19.4 Å². The van der Waals surface area contributed by atoms with Crippen LogP contribution >= 0.6 is 0 Å². The van der Waals surface area contributed by atoms with Gasteiger partial charge in [0.05, 0.1) is 40.9 Å². The Bertz CT molecular complexity index is 1130. The highest BCUT2D eigenvalue weighted by molar-refractivity contribution is 5.98. The van der Waals surface area contributed by atoms with Gasteiger partial charge in [-0.1, -0.05) is 42.5 Å². The summed E-state index contributed by atoms with van der Waals surface area (Å²) in [6.07, 6.45) is 8.54. The van der Waals surface area contributed by atoms with Crippen molar-refractivity contribution in [2.75, 3.05) is 13.2 Å². The number of aromatic amines is 1. The quantitative estimate of drug-likeness (QED) is 0.232. The molecule has 0 saturated carbocycles. The molecule has 0 spiro atoms. The van der Waals surface area contributed by atoms with E-state index in [1.54, 1.807) is 18.7 Å². The first-order valence-electron chi connectivity index (χ1n) is 10.1. The lowest BCUT2D eigenvalue weighted by Crippen LogP contribution is -2.10. The summed E-state index contributed by atoms with van der Waals surface area (Å²) in [6, 6.07) is 13.7. The van der Waals surface area contributed by atoms with E-state index in [4.69, 9.17) is 4.74 Å². The molecule has 0 radical (unpaired) electrons. The highest BCUT2D eigenvalue weighted by atomic mass is 16.6. The molecule has 2 heterocycles. The van der Waals surface area contributed by atoms with Gasteiger partial charge in [-0.2, -0.15) is 0 Å². The van der Waals surface area contributed by atoms with Gasteiger partial charge >= 0.3 is 0 Å². The largest absolute Gasteiger partial charge is 0.382 e. The first-order valence-corrected chi connectivity index (χ1v) is 10.1. The van der Waals surface area contributed by atoms with E-state index >= 15 is 0 Å². The number of ether oxygens (including phenoxy) is 1. The molecule has 1 unspecified atom stereocenters. The van der Waals surface area contributed by atoms with Crippen molar-refractivity contribution >= 4 is 16.5 Å². The maximum atomic E-state index is 11.9. The Labute approximate surface area is 174 Å². The molecule has 0 aliphatic rings. The van der Waals surface area contributed by atoms with Gasteiger partial charge in [-0.05, 0) is 36.1 Å². The molecule has 30 heavy (non-hydrogen) atoms. The SMILES string of the molecule is CCOCCCC(c1cnc[nH]1)n1cc(-c2cccc3ccccc23)c([N+](=O)[O-])c1.